The molecule has 3 heteroatoms. The Morgan fingerprint density at radius 1 is 1.12 bits per heavy atom. The molecule has 0 bridgehead atoms. The van der Waals surface area contributed by atoms with E-state index in [-0.39, 0.29) is 12.4 Å². The van der Waals surface area contributed by atoms with Gasteiger partial charge in [0.25, 0.3) is 0 Å². The van der Waals surface area contributed by atoms with Crippen LogP contribution in [0, 0.1) is 6.92 Å². The molecule has 0 atom stereocenters. The van der Waals surface area contributed by atoms with Gasteiger partial charge in [-0.3, -0.25) is 0 Å². The second kappa shape index (κ2) is 6.20. The van der Waals surface area contributed by atoms with Crippen LogP contribution in [0.1, 0.15) is 11.1 Å². The third kappa shape index (κ3) is 3.09. The Bertz CT molecular complexity index is 511. The van der Waals surface area contributed by atoms with E-state index in [9.17, 15) is 0 Å². The predicted octanol–water partition coefficient (Wildman–Crippen LogP) is 4.31. The average Bonchev–Trinajstić information content (AvgIpc) is 2.33. The van der Waals surface area contributed by atoms with Gasteiger partial charge in [-0.05, 0) is 41.3 Å². The van der Waals surface area contributed by atoms with E-state index in [1.165, 1.54) is 16.7 Å². The maximum Gasteiger partial charge on any atom is 0.0210 e. The van der Waals surface area contributed by atoms with Crippen LogP contribution >= 0.6 is 28.3 Å². The molecule has 17 heavy (non-hydrogen) atoms. The molecule has 2 rings (SSSR count). The van der Waals surface area contributed by atoms with E-state index in [0.717, 1.165) is 10.0 Å². The van der Waals surface area contributed by atoms with Crippen molar-refractivity contribution in [2.75, 3.05) is 0 Å². The van der Waals surface area contributed by atoms with Crippen molar-refractivity contribution in [1.29, 1.82) is 0 Å². The number of halogens is 2. The molecule has 0 amide bonds. The smallest absolute Gasteiger partial charge is 0.0210 e. The van der Waals surface area contributed by atoms with Crippen molar-refractivity contribution in [3.05, 3.63) is 58.1 Å². The Labute approximate surface area is 117 Å². The first-order valence-corrected chi connectivity index (χ1v) is 6.06. The van der Waals surface area contributed by atoms with E-state index in [1.54, 1.807) is 0 Å². The third-order valence-electron chi connectivity index (χ3n) is 2.74. The number of hydrogen-bond donors (Lipinski definition) is 1. The lowest BCUT2D eigenvalue weighted by molar-refractivity contribution is 1.07. The lowest BCUT2D eigenvalue weighted by Crippen LogP contribution is -1.96. The van der Waals surface area contributed by atoms with Crippen LogP contribution in [0.3, 0.4) is 0 Å². The van der Waals surface area contributed by atoms with Crippen LogP contribution in [0.25, 0.3) is 11.1 Å². The molecule has 0 unspecified atom stereocenters. The summed E-state index contributed by atoms with van der Waals surface area (Å²) in [6.07, 6.45) is 0. The lowest BCUT2D eigenvalue weighted by Gasteiger charge is -2.09. The fourth-order valence-corrected chi connectivity index (χ4v) is 2.15. The zero-order valence-electron chi connectivity index (χ0n) is 9.61. The molecule has 0 aromatic heterocycles. The maximum absolute atomic E-state index is 5.66. The topological polar surface area (TPSA) is 26.0 Å². The molecular formula is C14H15BrClN. The third-order valence-corrected chi connectivity index (χ3v) is 3.60. The molecule has 0 spiro atoms. The maximum atomic E-state index is 5.66. The SMILES string of the molecule is Cc1c(Br)cccc1-c1cccc(CN)c1.Cl. The Kier molecular flexibility index (Phi) is 5.19. The normalized spacial score (nSPS) is 9.82. The number of rotatable bonds is 2. The largest absolute Gasteiger partial charge is 0.326 e. The summed E-state index contributed by atoms with van der Waals surface area (Å²) in [4.78, 5) is 0. The van der Waals surface area contributed by atoms with Gasteiger partial charge >= 0.3 is 0 Å². The minimum Gasteiger partial charge on any atom is -0.326 e. The second-order valence-electron chi connectivity index (χ2n) is 3.82. The van der Waals surface area contributed by atoms with Crippen molar-refractivity contribution in [3.8, 4) is 11.1 Å². The van der Waals surface area contributed by atoms with Crippen LogP contribution < -0.4 is 5.73 Å². The van der Waals surface area contributed by atoms with E-state index in [1.807, 2.05) is 0 Å². The van der Waals surface area contributed by atoms with Crippen LogP contribution in [0.5, 0.6) is 0 Å². The van der Waals surface area contributed by atoms with Crippen LogP contribution in [0.4, 0.5) is 0 Å². The highest BCUT2D eigenvalue weighted by Gasteiger charge is 2.04. The summed E-state index contributed by atoms with van der Waals surface area (Å²) < 4.78 is 1.14. The van der Waals surface area contributed by atoms with E-state index in [0.29, 0.717) is 6.54 Å². The van der Waals surface area contributed by atoms with Gasteiger partial charge in [-0.15, -0.1) is 12.4 Å². The van der Waals surface area contributed by atoms with Gasteiger partial charge in [-0.25, -0.2) is 0 Å². The predicted molar refractivity (Wildman–Crippen MR) is 79.5 cm³/mol. The van der Waals surface area contributed by atoms with Gasteiger partial charge in [0.05, 0.1) is 0 Å². The van der Waals surface area contributed by atoms with E-state index in [2.05, 4.69) is 65.3 Å². The fourth-order valence-electron chi connectivity index (χ4n) is 1.79. The molecule has 0 aliphatic carbocycles. The standard InChI is InChI=1S/C14H14BrN.ClH/c1-10-13(6-3-7-14(10)15)12-5-2-4-11(8-12)9-16;/h2-8H,9,16H2,1H3;1H. The molecule has 0 radical (unpaired) electrons. The summed E-state index contributed by atoms with van der Waals surface area (Å²) >= 11 is 3.55. The van der Waals surface area contributed by atoms with Crippen molar-refractivity contribution in [2.45, 2.75) is 13.5 Å². The number of benzene rings is 2. The summed E-state index contributed by atoms with van der Waals surface area (Å²) in [7, 11) is 0. The van der Waals surface area contributed by atoms with Crippen molar-refractivity contribution < 1.29 is 0 Å². The first-order chi connectivity index (χ1) is 7.72. The van der Waals surface area contributed by atoms with Crippen LogP contribution in [0.2, 0.25) is 0 Å². The Hall–Kier alpha value is -0.830. The summed E-state index contributed by atoms with van der Waals surface area (Å²) in [5.41, 5.74) is 10.6. The highest BCUT2D eigenvalue weighted by atomic mass is 79.9. The van der Waals surface area contributed by atoms with E-state index < -0.39 is 0 Å². The van der Waals surface area contributed by atoms with E-state index >= 15 is 0 Å². The summed E-state index contributed by atoms with van der Waals surface area (Å²) in [5.74, 6) is 0. The van der Waals surface area contributed by atoms with Crippen LogP contribution in [0.15, 0.2) is 46.9 Å². The van der Waals surface area contributed by atoms with Crippen molar-refractivity contribution in [3.63, 3.8) is 0 Å². The molecule has 0 saturated carbocycles. The van der Waals surface area contributed by atoms with Gasteiger partial charge in [-0.2, -0.15) is 0 Å². The highest BCUT2D eigenvalue weighted by Crippen LogP contribution is 2.28. The minimum absolute atomic E-state index is 0. The van der Waals surface area contributed by atoms with Crippen LogP contribution in [-0.2, 0) is 6.54 Å². The number of nitrogens with two attached hydrogens (primary N) is 1. The average molecular weight is 313 g/mol. The van der Waals surface area contributed by atoms with Crippen molar-refractivity contribution >= 4 is 28.3 Å². The van der Waals surface area contributed by atoms with Crippen LogP contribution in [-0.4, -0.2) is 0 Å². The fraction of sp³-hybridized carbons (Fsp3) is 0.143. The molecule has 2 N–H and O–H groups in total. The molecule has 0 saturated heterocycles. The zero-order valence-corrected chi connectivity index (χ0v) is 12.0. The zero-order chi connectivity index (χ0) is 11.5. The summed E-state index contributed by atoms with van der Waals surface area (Å²) in [6, 6.07) is 14.6. The van der Waals surface area contributed by atoms with Gasteiger partial charge < -0.3 is 5.73 Å². The highest BCUT2D eigenvalue weighted by molar-refractivity contribution is 9.10. The van der Waals surface area contributed by atoms with Gasteiger partial charge in [0.2, 0.25) is 0 Å². The van der Waals surface area contributed by atoms with Gasteiger partial charge in [0, 0.05) is 11.0 Å². The molecular weight excluding hydrogens is 298 g/mol. The van der Waals surface area contributed by atoms with Gasteiger partial charge in [0.1, 0.15) is 0 Å². The Balaban J connectivity index is 0.00000144. The quantitative estimate of drug-likeness (QED) is 0.879. The second-order valence-corrected chi connectivity index (χ2v) is 4.67. The first kappa shape index (κ1) is 14.2. The van der Waals surface area contributed by atoms with Crippen molar-refractivity contribution in [1.82, 2.24) is 0 Å². The molecule has 0 heterocycles. The molecule has 90 valence electrons. The summed E-state index contributed by atoms with van der Waals surface area (Å²) in [5, 5.41) is 0. The summed E-state index contributed by atoms with van der Waals surface area (Å²) in [6.45, 7) is 2.70. The molecule has 2 aromatic rings. The molecule has 1 nitrogen and oxygen atoms in total. The molecule has 2 aromatic carbocycles. The van der Waals surface area contributed by atoms with Gasteiger partial charge in [-0.1, -0.05) is 46.3 Å². The number of hydrogen-bond acceptors (Lipinski definition) is 1. The van der Waals surface area contributed by atoms with Crippen molar-refractivity contribution in [2.24, 2.45) is 5.73 Å². The first-order valence-electron chi connectivity index (χ1n) is 5.27. The molecule has 0 aliphatic heterocycles. The Morgan fingerprint density at radius 2 is 1.82 bits per heavy atom. The molecule has 0 fully saturated rings. The van der Waals surface area contributed by atoms with Gasteiger partial charge in [0.15, 0.2) is 0 Å². The Morgan fingerprint density at radius 3 is 2.53 bits per heavy atom. The lowest BCUT2D eigenvalue weighted by atomic mass is 9.99. The minimum atomic E-state index is 0. The molecule has 0 aliphatic rings. The monoisotopic (exact) mass is 311 g/mol. The van der Waals surface area contributed by atoms with E-state index in [4.69, 9.17) is 5.73 Å².